The minimum atomic E-state index is -1.11. The summed E-state index contributed by atoms with van der Waals surface area (Å²) in [4.78, 5) is 11.5. The van der Waals surface area contributed by atoms with Crippen molar-refractivity contribution in [3.8, 4) is 16.9 Å². The minimum Gasteiger partial charge on any atom is -0.476 e. The molecular weight excluding hydrogens is 371 g/mol. The molecule has 0 amide bonds. The molecule has 0 atom stereocenters. The molecular formula is C17H11Cl3N2O2. The summed E-state index contributed by atoms with van der Waals surface area (Å²) in [5, 5.41) is 15.1. The van der Waals surface area contributed by atoms with Gasteiger partial charge in [0.25, 0.3) is 0 Å². The summed E-state index contributed by atoms with van der Waals surface area (Å²) in [7, 11) is 0. The second kappa shape index (κ2) is 6.48. The number of carboxylic acid groups (broad SMARTS) is 1. The molecule has 0 bridgehead atoms. The molecule has 0 unspecified atom stereocenters. The van der Waals surface area contributed by atoms with Crippen LogP contribution in [0.4, 0.5) is 0 Å². The van der Waals surface area contributed by atoms with E-state index in [2.05, 4.69) is 5.10 Å². The molecule has 2 aromatic carbocycles. The third-order valence-electron chi connectivity index (χ3n) is 3.58. The average molecular weight is 382 g/mol. The van der Waals surface area contributed by atoms with E-state index >= 15 is 0 Å². The molecule has 0 aliphatic heterocycles. The lowest BCUT2D eigenvalue weighted by Gasteiger charge is -2.11. The Balaban J connectivity index is 2.30. The van der Waals surface area contributed by atoms with Gasteiger partial charge in [-0.3, -0.25) is 0 Å². The van der Waals surface area contributed by atoms with Gasteiger partial charge in [0.05, 0.1) is 16.4 Å². The Hall–Kier alpha value is -2.01. The van der Waals surface area contributed by atoms with E-state index in [1.807, 2.05) is 0 Å². The maximum atomic E-state index is 11.5. The van der Waals surface area contributed by atoms with Gasteiger partial charge in [0.2, 0.25) is 0 Å². The predicted molar refractivity (Wildman–Crippen MR) is 95.7 cm³/mol. The van der Waals surface area contributed by atoms with Crippen LogP contribution >= 0.6 is 34.8 Å². The molecule has 3 aromatic rings. The highest BCUT2D eigenvalue weighted by molar-refractivity contribution is 6.35. The topological polar surface area (TPSA) is 55.1 Å². The van der Waals surface area contributed by atoms with Gasteiger partial charge >= 0.3 is 5.97 Å². The van der Waals surface area contributed by atoms with Crippen molar-refractivity contribution in [2.24, 2.45) is 0 Å². The Labute approximate surface area is 153 Å². The second-order valence-corrected chi connectivity index (χ2v) is 6.42. The van der Waals surface area contributed by atoms with Crippen LogP contribution in [-0.2, 0) is 0 Å². The van der Waals surface area contributed by atoms with Crippen LogP contribution in [0.2, 0.25) is 15.1 Å². The number of carbonyl (C=O) groups is 1. The summed E-state index contributed by atoms with van der Waals surface area (Å²) in [6, 6.07) is 12.0. The number of carboxylic acids is 1. The van der Waals surface area contributed by atoms with Crippen LogP contribution in [0.1, 0.15) is 16.1 Å². The van der Waals surface area contributed by atoms with Gasteiger partial charge in [0.15, 0.2) is 5.69 Å². The van der Waals surface area contributed by atoms with Crippen LogP contribution < -0.4 is 0 Å². The van der Waals surface area contributed by atoms with E-state index in [1.54, 1.807) is 49.4 Å². The zero-order valence-corrected chi connectivity index (χ0v) is 14.7. The number of aromatic nitrogens is 2. The van der Waals surface area contributed by atoms with Crippen LogP contribution in [0.5, 0.6) is 0 Å². The standard InChI is InChI=1S/C17H11Cl3N2O2/c1-9-15(17(23)24)21-22(14-7-6-12(19)8-13(14)20)16(9)10-2-4-11(18)5-3-10/h2-8H,1H3,(H,23,24). The fraction of sp³-hybridized carbons (Fsp3) is 0.0588. The fourth-order valence-corrected chi connectivity index (χ4v) is 3.09. The molecule has 0 aliphatic rings. The molecule has 3 rings (SSSR count). The zero-order chi connectivity index (χ0) is 17.4. The predicted octanol–water partition coefficient (Wildman–Crippen LogP) is 5.51. The monoisotopic (exact) mass is 380 g/mol. The summed E-state index contributed by atoms with van der Waals surface area (Å²) >= 11 is 18.2. The lowest BCUT2D eigenvalue weighted by Crippen LogP contribution is -2.03. The second-order valence-electron chi connectivity index (χ2n) is 5.14. The van der Waals surface area contributed by atoms with Gasteiger partial charge in [0.1, 0.15) is 0 Å². The van der Waals surface area contributed by atoms with Crippen LogP contribution in [0.3, 0.4) is 0 Å². The van der Waals surface area contributed by atoms with Gasteiger partial charge in [-0.1, -0.05) is 46.9 Å². The highest BCUT2D eigenvalue weighted by Gasteiger charge is 2.22. The fourth-order valence-electron chi connectivity index (χ4n) is 2.47. The highest BCUT2D eigenvalue weighted by Crippen LogP contribution is 2.33. The van der Waals surface area contributed by atoms with Gasteiger partial charge in [-0.25, -0.2) is 9.48 Å². The van der Waals surface area contributed by atoms with Crippen LogP contribution in [0.15, 0.2) is 42.5 Å². The van der Waals surface area contributed by atoms with Gasteiger partial charge < -0.3 is 5.11 Å². The van der Waals surface area contributed by atoms with Crippen molar-refractivity contribution in [2.45, 2.75) is 6.92 Å². The van der Waals surface area contributed by atoms with Crippen LogP contribution in [-0.4, -0.2) is 20.9 Å². The number of rotatable bonds is 3. The van der Waals surface area contributed by atoms with E-state index in [0.29, 0.717) is 32.0 Å². The number of hydrogen-bond acceptors (Lipinski definition) is 2. The number of benzene rings is 2. The Morgan fingerprint density at radius 1 is 1.04 bits per heavy atom. The van der Waals surface area contributed by atoms with E-state index in [4.69, 9.17) is 34.8 Å². The van der Waals surface area contributed by atoms with Gasteiger partial charge in [-0.2, -0.15) is 5.10 Å². The van der Waals surface area contributed by atoms with Crippen molar-refractivity contribution in [3.63, 3.8) is 0 Å². The van der Waals surface area contributed by atoms with E-state index < -0.39 is 5.97 Å². The lowest BCUT2D eigenvalue weighted by molar-refractivity contribution is 0.0689. The average Bonchev–Trinajstić information content (AvgIpc) is 2.86. The zero-order valence-electron chi connectivity index (χ0n) is 12.4. The largest absolute Gasteiger partial charge is 0.476 e. The Morgan fingerprint density at radius 2 is 1.67 bits per heavy atom. The van der Waals surface area contributed by atoms with E-state index in [1.165, 1.54) is 4.68 Å². The smallest absolute Gasteiger partial charge is 0.356 e. The molecule has 0 fully saturated rings. The van der Waals surface area contributed by atoms with Crippen molar-refractivity contribution in [1.82, 2.24) is 9.78 Å². The number of aromatic carboxylic acids is 1. The first-order chi connectivity index (χ1) is 11.4. The number of nitrogens with zero attached hydrogens (tertiary/aromatic N) is 2. The van der Waals surface area contributed by atoms with Gasteiger partial charge in [-0.15, -0.1) is 0 Å². The molecule has 0 aliphatic carbocycles. The maximum Gasteiger partial charge on any atom is 0.356 e. The van der Waals surface area contributed by atoms with E-state index in [0.717, 1.165) is 5.56 Å². The molecule has 0 radical (unpaired) electrons. The molecule has 7 heteroatoms. The first-order valence-electron chi connectivity index (χ1n) is 6.92. The summed E-state index contributed by atoms with van der Waals surface area (Å²) in [6.45, 7) is 1.71. The molecule has 1 N–H and O–H groups in total. The van der Waals surface area contributed by atoms with Crippen LogP contribution in [0.25, 0.3) is 16.9 Å². The van der Waals surface area contributed by atoms with Crippen molar-refractivity contribution in [2.75, 3.05) is 0 Å². The Kier molecular flexibility index (Phi) is 4.54. The molecule has 1 heterocycles. The van der Waals surface area contributed by atoms with Crippen molar-refractivity contribution < 1.29 is 9.90 Å². The normalized spacial score (nSPS) is 10.8. The third kappa shape index (κ3) is 3.00. The minimum absolute atomic E-state index is 0.0361. The van der Waals surface area contributed by atoms with E-state index in [9.17, 15) is 9.90 Å². The van der Waals surface area contributed by atoms with Crippen LogP contribution in [0, 0.1) is 6.92 Å². The summed E-state index contributed by atoms with van der Waals surface area (Å²) in [5.41, 5.74) is 2.46. The van der Waals surface area contributed by atoms with Gasteiger partial charge in [0, 0.05) is 21.2 Å². The Morgan fingerprint density at radius 3 is 2.25 bits per heavy atom. The summed E-state index contributed by atoms with van der Waals surface area (Å²) in [5.74, 6) is -1.11. The highest BCUT2D eigenvalue weighted by atomic mass is 35.5. The Bertz CT molecular complexity index is 934. The number of halogens is 3. The maximum absolute atomic E-state index is 11.5. The molecule has 0 saturated heterocycles. The SMILES string of the molecule is Cc1c(C(=O)O)nn(-c2ccc(Cl)cc2Cl)c1-c1ccc(Cl)cc1. The van der Waals surface area contributed by atoms with E-state index in [-0.39, 0.29) is 5.69 Å². The first kappa shape index (κ1) is 16.8. The molecule has 24 heavy (non-hydrogen) atoms. The molecule has 1 aromatic heterocycles. The number of hydrogen-bond donors (Lipinski definition) is 1. The van der Waals surface area contributed by atoms with Crippen molar-refractivity contribution in [1.29, 1.82) is 0 Å². The molecule has 122 valence electrons. The molecule has 0 spiro atoms. The van der Waals surface area contributed by atoms with Crippen molar-refractivity contribution >= 4 is 40.8 Å². The summed E-state index contributed by atoms with van der Waals surface area (Å²) < 4.78 is 1.51. The van der Waals surface area contributed by atoms with Gasteiger partial charge in [-0.05, 0) is 37.3 Å². The first-order valence-corrected chi connectivity index (χ1v) is 8.06. The molecule has 4 nitrogen and oxygen atoms in total. The molecule has 0 saturated carbocycles. The third-order valence-corrected chi connectivity index (χ3v) is 4.37. The van der Waals surface area contributed by atoms with Crippen molar-refractivity contribution in [3.05, 3.63) is 68.8 Å². The quantitative estimate of drug-likeness (QED) is 0.651. The lowest BCUT2D eigenvalue weighted by atomic mass is 10.1. The summed E-state index contributed by atoms with van der Waals surface area (Å²) in [6.07, 6.45) is 0.